The Balaban J connectivity index is 4.30. The number of rotatable bonds is 7. The summed E-state index contributed by atoms with van der Waals surface area (Å²) in [6.45, 7) is 5.20. The molecule has 0 rings (SSSR count). The molecule has 0 saturated carbocycles. The largest absolute Gasteiger partial charge is 0.342 e. The van der Waals surface area contributed by atoms with E-state index in [1.54, 1.807) is 20.9 Å². The maximum atomic E-state index is 11.7. The fourth-order valence-electron chi connectivity index (χ4n) is 1.37. The van der Waals surface area contributed by atoms with Crippen molar-refractivity contribution in [3.63, 3.8) is 0 Å². The Morgan fingerprint density at radius 3 is 2.29 bits per heavy atom. The van der Waals surface area contributed by atoms with E-state index >= 15 is 0 Å². The van der Waals surface area contributed by atoms with E-state index in [2.05, 4.69) is 0 Å². The third-order valence-electron chi connectivity index (χ3n) is 2.80. The Morgan fingerprint density at radius 2 is 1.88 bits per heavy atom. The van der Waals surface area contributed by atoms with Gasteiger partial charge in [0.1, 0.15) is 0 Å². The summed E-state index contributed by atoms with van der Waals surface area (Å²) in [5.41, 5.74) is 5.57. The van der Waals surface area contributed by atoms with E-state index in [0.29, 0.717) is 12.8 Å². The molecule has 0 aromatic rings. The van der Waals surface area contributed by atoms with Gasteiger partial charge in [0.2, 0.25) is 5.91 Å². The van der Waals surface area contributed by atoms with Gasteiger partial charge in [0.05, 0.1) is 5.75 Å². The summed E-state index contributed by atoms with van der Waals surface area (Å²) in [7, 11) is -1.41. The first-order valence-electron chi connectivity index (χ1n) is 5.91. The van der Waals surface area contributed by atoms with Gasteiger partial charge in [0.15, 0.2) is 9.84 Å². The fourth-order valence-corrected chi connectivity index (χ4v) is 2.56. The molecular weight excluding hydrogens is 240 g/mol. The average molecular weight is 264 g/mol. The van der Waals surface area contributed by atoms with Crippen LogP contribution >= 0.6 is 0 Å². The first-order valence-corrected chi connectivity index (χ1v) is 7.73. The number of hydrogen-bond donors (Lipinski definition) is 1. The molecule has 0 aromatic carbocycles. The molecule has 0 heterocycles. The van der Waals surface area contributed by atoms with Gasteiger partial charge in [0.25, 0.3) is 0 Å². The number of sulfone groups is 1. The van der Waals surface area contributed by atoms with Gasteiger partial charge < -0.3 is 10.6 Å². The molecule has 0 saturated heterocycles. The number of carbonyl (C=O) groups is 1. The maximum Gasteiger partial charge on any atom is 0.222 e. The molecule has 0 fully saturated rings. The van der Waals surface area contributed by atoms with Crippen molar-refractivity contribution in [2.24, 2.45) is 5.73 Å². The monoisotopic (exact) mass is 264 g/mol. The molecule has 2 N–H and O–H groups in total. The van der Waals surface area contributed by atoms with Crippen molar-refractivity contribution >= 4 is 15.7 Å². The van der Waals surface area contributed by atoms with Crippen molar-refractivity contribution in [2.45, 2.75) is 45.7 Å². The lowest BCUT2D eigenvalue weighted by molar-refractivity contribution is -0.131. The standard InChI is InChI=1S/C11H24N2O3S/c1-5-17(15,16)8-10(3)13(4)11(14)7-6-9(2)12/h9-10H,5-8,12H2,1-4H3. The molecule has 5 nitrogen and oxygen atoms in total. The Bertz CT molecular complexity index is 339. The topological polar surface area (TPSA) is 80.5 Å². The van der Waals surface area contributed by atoms with E-state index in [1.807, 2.05) is 6.92 Å². The van der Waals surface area contributed by atoms with Crippen LogP contribution in [0.5, 0.6) is 0 Å². The van der Waals surface area contributed by atoms with Crippen molar-refractivity contribution in [3.05, 3.63) is 0 Å². The van der Waals surface area contributed by atoms with Crippen LogP contribution in [0.25, 0.3) is 0 Å². The van der Waals surface area contributed by atoms with Crippen LogP contribution < -0.4 is 5.73 Å². The Morgan fingerprint density at radius 1 is 1.35 bits per heavy atom. The minimum Gasteiger partial charge on any atom is -0.342 e. The molecule has 0 spiro atoms. The second-order valence-corrected chi connectivity index (χ2v) is 6.97. The SMILES string of the molecule is CCS(=O)(=O)CC(C)N(C)C(=O)CCC(C)N. The second-order valence-electron chi connectivity index (χ2n) is 4.57. The van der Waals surface area contributed by atoms with Crippen LogP contribution in [0.4, 0.5) is 0 Å². The summed E-state index contributed by atoms with van der Waals surface area (Å²) in [5.74, 6) is 0.0736. The van der Waals surface area contributed by atoms with Crippen LogP contribution in [-0.2, 0) is 14.6 Å². The predicted molar refractivity (Wildman–Crippen MR) is 69.4 cm³/mol. The average Bonchev–Trinajstić information content (AvgIpc) is 2.24. The van der Waals surface area contributed by atoms with Gasteiger partial charge >= 0.3 is 0 Å². The summed E-state index contributed by atoms with van der Waals surface area (Å²) in [4.78, 5) is 13.2. The molecule has 17 heavy (non-hydrogen) atoms. The second kappa shape index (κ2) is 6.96. The number of nitrogens with zero attached hydrogens (tertiary/aromatic N) is 1. The van der Waals surface area contributed by atoms with Gasteiger partial charge in [-0.05, 0) is 20.3 Å². The zero-order valence-electron chi connectivity index (χ0n) is 11.1. The zero-order valence-corrected chi connectivity index (χ0v) is 12.0. The number of amides is 1. The van der Waals surface area contributed by atoms with Crippen LogP contribution in [0.15, 0.2) is 0 Å². The van der Waals surface area contributed by atoms with E-state index in [9.17, 15) is 13.2 Å². The van der Waals surface area contributed by atoms with Crippen molar-refractivity contribution in [1.29, 1.82) is 0 Å². The van der Waals surface area contributed by atoms with Gasteiger partial charge in [-0.15, -0.1) is 0 Å². The lowest BCUT2D eigenvalue weighted by Gasteiger charge is -2.25. The first kappa shape index (κ1) is 16.4. The van der Waals surface area contributed by atoms with Crippen LogP contribution in [0.1, 0.15) is 33.6 Å². The van der Waals surface area contributed by atoms with Crippen molar-refractivity contribution in [3.8, 4) is 0 Å². The molecule has 0 bridgehead atoms. The van der Waals surface area contributed by atoms with Gasteiger partial charge in [-0.3, -0.25) is 4.79 Å². The molecule has 2 unspecified atom stereocenters. The van der Waals surface area contributed by atoms with E-state index < -0.39 is 9.84 Å². The quantitative estimate of drug-likeness (QED) is 0.721. The van der Waals surface area contributed by atoms with Crippen molar-refractivity contribution in [1.82, 2.24) is 4.90 Å². The number of nitrogens with two attached hydrogens (primary N) is 1. The maximum absolute atomic E-state index is 11.7. The third kappa shape index (κ3) is 6.63. The van der Waals surface area contributed by atoms with Crippen LogP contribution in [0, 0.1) is 0 Å². The molecule has 2 atom stereocenters. The molecule has 0 aliphatic rings. The summed E-state index contributed by atoms with van der Waals surface area (Å²) in [6, 6.07) is -0.303. The van der Waals surface area contributed by atoms with E-state index in [1.165, 1.54) is 4.90 Å². The highest BCUT2D eigenvalue weighted by molar-refractivity contribution is 7.91. The molecule has 102 valence electrons. The first-order chi connectivity index (χ1) is 7.69. The highest BCUT2D eigenvalue weighted by atomic mass is 32.2. The highest BCUT2D eigenvalue weighted by Gasteiger charge is 2.21. The van der Waals surface area contributed by atoms with Crippen LogP contribution in [0.2, 0.25) is 0 Å². The third-order valence-corrected chi connectivity index (χ3v) is 4.67. The molecular formula is C11H24N2O3S. The normalized spacial score (nSPS) is 15.4. The van der Waals surface area contributed by atoms with Gasteiger partial charge in [-0.25, -0.2) is 8.42 Å². The number of carbonyl (C=O) groups excluding carboxylic acids is 1. The van der Waals surface area contributed by atoms with Crippen molar-refractivity contribution < 1.29 is 13.2 Å². The molecule has 1 amide bonds. The minimum atomic E-state index is -3.05. The van der Waals surface area contributed by atoms with Gasteiger partial charge in [-0.1, -0.05) is 6.92 Å². The number of hydrogen-bond acceptors (Lipinski definition) is 4. The zero-order chi connectivity index (χ0) is 13.6. The summed E-state index contributed by atoms with van der Waals surface area (Å²) in [5, 5.41) is 0. The minimum absolute atomic E-state index is 0.0120. The van der Waals surface area contributed by atoms with Gasteiger partial charge in [0, 0.05) is 31.3 Å². The molecule has 6 heteroatoms. The van der Waals surface area contributed by atoms with Gasteiger partial charge in [-0.2, -0.15) is 0 Å². The predicted octanol–water partition coefficient (Wildman–Crippen LogP) is 0.395. The van der Waals surface area contributed by atoms with E-state index in [4.69, 9.17) is 5.73 Å². The smallest absolute Gasteiger partial charge is 0.222 e. The summed E-state index contributed by atoms with van der Waals surface area (Å²) in [6.07, 6.45) is 0.987. The Kier molecular flexibility index (Phi) is 6.70. The van der Waals surface area contributed by atoms with E-state index in [-0.39, 0.29) is 29.5 Å². The fraction of sp³-hybridized carbons (Fsp3) is 0.909. The lowest BCUT2D eigenvalue weighted by Crippen LogP contribution is -2.40. The van der Waals surface area contributed by atoms with Crippen LogP contribution in [-0.4, -0.2) is 49.9 Å². The summed E-state index contributed by atoms with van der Waals surface area (Å²) >= 11 is 0. The Labute approximate surface area is 104 Å². The summed E-state index contributed by atoms with van der Waals surface area (Å²) < 4.78 is 22.9. The molecule has 0 radical (unpaired) electrons. The van der Waals surface area contributed by atoms with Crippen LogP contribution in [0.3, 0.4) is 0 Å². The molecule has 0 aliphatic carbocycles. The van der Waals surface area contributed by atoms with Crippen molar-refractivity contribution in [2.75, 3.05) is 18.6 Å². The highest BCUT2D eigenvalue weighted by Crippen LogP contribution is 2.06. The lowest BCUT2D eigenvalue weighted by atomic mass is 10.2. The molecule has 0 aliphatic heterocycles. The van der Waals surface area contributed by atoms with E-state index in [0.717, 1.165) is 0 Å². The molecule has 0 aromatic heterocycles. The Hall–Kier alpha value is -0.620.